The summed E-state index contributed by atoms with van der Waals surface area (Å²) in [6.45, 7) is 0. The quantitative estimate of drug-likeness (QED) is 0.846. The van der Waals surface area contributed by atoms with Gasteiger partial charge in [-0.1, -0.05) is 11.6 Å². The van der Waals surface area contributed by atoms with Gasteiger partial charge in [-0.05, 0) is 28.1 Å². The van der Waals surface area contributed by atoms with Crippen molar-refractivity contribution < 1.29 is 9.13 Å². The molecular weight excluding hydrogens is 298 g/mol. The van der Waals surface area contributed by atoms with Gasteiger partial charge in [0.1, 0.15) is 5.75 Å². The lowest BCUT2D eigenvalue weighted by Crippen LogP contribution is -1.92. The monoisotopic (exact) mass is 302 g/mol. The maximum Gasteiger partial charge on any atom is 0.256 e. The van der Waals surface area contributed by atoms with Crippen LogP contribution in [0.15, 0.2) is 35.2 Å². The van der Waals surface area contributed by atoms with E-state index in [1.54, 1.807) is 12.3 Å². The number of hydrogen-bond acceptors (Lipinski definition) is 3. The number of rotatable bonds is 2. The van der Waals surface area contributed by atoms with Crippen molar-refractivity contribution in [2.45, 2.75) is 0 Å². The molecule has 0 saturated carbocycles. The minimum Gasteiger partial charge on any atom is -0.435 e. The third kappa shape index (κ3) is 2.68. The molecule has 0 N–H and O–H groups in total. The smallest absolute Gasteiger partial charge is 0.256 e. The molecule has 0 aliphatic heterocycles. The predicted molar refractivity (Wildman–Crippen MR) is 61.2 cm³/mol. The van der Waals surface area contributed by atoms with E-state index in [4.69, 9.17) is 16.3 Å². The summed E-state index contributed by atoms with van der Waals surface area (Å²) in [4.78, 5) is 7.61. The molecule has 6 heteroatoms. The average molecular weight is 304 g/mol. The largest absolute Gasteiger partial charge is 0.435 e. The van der Waals surface area contributed by atoms with Crippen molar-refractivity contribution in [3.05, 3.63) is 46.0 Å². The van der Waals surface area contributed by atoms with Gasteiger partial charge < -0.3 is 4.74 Å². The Balaban J connectivity index is 2.27. The summed E-state index contributed by atoms with van der Waals surface area (Å²) in [7, 11) is 0. The lowest BCUT2D eigenvalue weighted by atomic mass is 10.4. The van der Waals surface area contributed by atoms with Gasteiger partial charge in [-0.15, -0.1) is 0 Å². The molecule has 2 aromatic rings. The molecule has 0 radical (unpaired) electrons. The van der Waals surface area contributed by atoms with Gasteiger partial charge in [0, 0.05) is 16.9 Å². The van der Waals surface area contributed by atoms with Crippen molar-refractivity contribution in [1.82, 2.24) is 9.97 Å². The summed E-state index contributed by atoms with van der Waals surface area (Å²) >= 11 is 8.80. The van der Waals surface area contributed by atoms with Crippen molar-refractivity contribution in [2.24, 2.45) is 0 Å². The Morgan fingerprint density at radius 2 is 2.06 bits per heavy atom. The SMILES string of the molecule is Fc1cc(Cl)cnc1Oc1cncc(Br)c1. The molecule has 0 saturated heterocycles. The third-order valence-electron chi connectivity index (χ3n) is 1.67. The topological polar surface area (TPSA) is 35.0 Å². The normalized spacial score (nSPS) is 10.2. The van der Waals surface area contributed by atoms with E-state index in [1.165, 1.54) is 12.4 Å². The molecule has 0 aromatic carbocycles. The molecule has 2 aromatic heterocycles. The molecule has 0 unspecified atom stereocenters. The Hall–Kier alpha value is -1.20. The standard InChI is InChI=1S/C10H5BrClFN2O/c11-6-1-8(5-14-3-6)16-10-9(13)2-7(12)4-15-10/h1-5H. The van der Waals surface area contributed by atoms with Gasteiger partial charge in [0.25, 0.3) is 5.88 Å². The van der Waals surface area contributed by atoms with Crippen LogP contribution in [-0.4, -0.2) is 9.97 Å². The number of nitrogens with zero attached hydrogens (tertiary/aromatic N) is 2. The number of halogens is 3. The molecule has 0 aliphatic carbocycles. The average Bonchev–Trinajstić information content (AvgIpc) is 2.22. The molecule has 0 atom stereocenters. The van der Waals surface area contributed by atoms with Crippen LogP contribution in [-0.2, 0) is 0 Å². The van der Waals surface area contributed by atoms with Gasteiger partial charge in [0.05, 0.1) is 11.2 Å². The summed E-state index contributed by atoms with van der Waals surface area (Å²) in [6, 6.07) is 2.79. The van der Waals surface area contributed by atoms with Gasteiger partial charge in [-0.2, -0.15) is 0 Å². The van der Waals surface area contributed by atoms with Crippen LogP contribution in [0.2, 0.25) is 5.02 Å². The first kappa shape index (κ1) is 11.3. The Labute approximate surface area is 104 Å². The van der Waals surface area contributed by atoms with Gasteiger partial charge in [0.2, 0.25) is 0 Å². The Bertz CT molecular complexity index is 524. The van der Waals surface area contributed by atoms with E-state index in [1.807, 2.05) is 0 Å². The van der Waals surface area contributed by atoms with Crippen LogP contribution < -0.4 is 4.74 Å². The maximum atomic E-state index is 13.3. The number of ether oxygens (including phenoxy) is 1. The second-order valence-corrected chi connectivity index (χ2v) is 4.23. The molecule has 0 bridgehead atoms. The van der Waals surface area contributed by atoms with Crippen LogP contribution in [0.5, 0.6) is 11.6 Å². The predicted octanol–water partition coefficient (Wildman–Crippen LogP) is 3.82. The van der Waals surface area contributed by atoms with Crippen molar-refractivity contribution in [3.8, 4) is 11.6 Å². The van der Waals surface area contributed by atoms with Crippen LogP contribution >= 0.6 is 27.5 Å². The lowest BCUT2D eigenvalue weighted by molar-refractivity contribution is 0.421. The summed E-state index contributed by atoms with van der Waals surface area (Å²) in [5.74, 6) is -0.361. The fourth-order valence-corrected chi connectivity index (χ4v) is 1.53. The molecule has 2 rings (SSSR count). The van der Waals surface area contributed by atoms with E-state index < -0.39 is 5.82 Å². The zero-order chi connectivity index (χ0) is 11.5. The summed E-state index contributed by atoms with van der Waals surface area (Å²) in [6.07, 6.45) is 4.37. The van der Waals surface area contributed by atoms with Crippen LogP contribution in [0, 0.1) is 5.82 Å². The Morgan fingerprint density at radius 3 is 2.75 bits per heavy atom. The highest BCUT2D eigenvalue weighted by Crippen LogP contribution is 2.25. The van der Waals surface area contributed by atoms with Gasteiger partial charge in [0.15, 0.2) is 5.82 Å². The van der Waals surface area contributed by atoms with Crippen molar-refractivity contribution >= 4 is 27.5 Å². The van der Waals surface area contributed by atoms with Crippen molar-refractivity contribution in [1.29, 1.82) is 0 Å². The minimum absolute atomic E-state index is 0.135. The first-order chi connectivity index (χ1) is 7.65. The van der Waals surface area contributed by atoms with Gasteiger partial charge in [-0.25, -0.2) is 9.37 Å². The molecule has 0 amide bonds. The van der Waals surface area contributed by atoms with Gasteiger partial charge in [-0.3, -0.25) is 4.98 Å². The number of hydrogen-bond donors (Lipinski definition) is 0. The fourth-order valence-electron chi connectivity index (χ4n) is 1.04. The molecular formula is C10H5BrClFN2O. The Kier molecular flexibility index (Phi) is 3.36. The third-order valence-corrected chi connectivity index (χ3v) is 2.31. The molecule has 0 spiro atoms. The number of pyridine rings is 2. The van der Waals surface area contributed by atoms with E-state index >= 15 is 0 Å². The zero-order valence-corrected chi connectivity index (χ0v) is 10.2. The zero-order valence-electron chi connectivity index (χ0n) is 7.82. The highest BCUT2D eigenvalue weighted by molar-refractivity contribution is 9.10. The maximum absolute atomic E-state index is 13.3. The summed E-state index contributed by atoms with van der Waals surface area (Å²) in [5, 5.41) is 0.220. The molecule has 3 nitrogen and oxygen atoms in total. The second-order valence-electron chi connectivity index (χ2n) is 2.88. The molecule has 0 aliphatic rings. The van der Waals surface area contributed by atoms with Gasteiger partial charge >= 0.3 is 0 Å². The van der Waals surface area contributed by atoms with Crippen LogP contribution in [0.4, 0.5) is 4.39 Å². The fraction of sp³-hybridized carbons (Fsp3) is 0. The highest BCUT2D eigenvalue weighted by Gasteiger charge is 2.07. The van der Waals surface area contributed by atoms with E-state index in [9.17, 15) is 4.39 Å². The van der Waals surface area contributed by atoms with E-state index in [0.29, 0.717) is 5.75 Å². The minimum atomic E-state index is -0.618. The highest BCUT2D eigenvalue weighted by atomic mass is 79.9. The molecule has 2 heterocycles. The lowest BCUT2D eigenvalue weighted by Gasteiger charge is -2.05. The van der Waals surface area contributed by atoms with Crippen molar-refractivity contribution in [2.75, 3.05) is 0 Å². The van der Waals surface area contributed by atoms with E-state index in [2.05, 4.69) is 25.9 Å². The van der Waals surface area contributed by atoms with Crippen LogP contribution in [0.3, 0.4) is 0 Å². The van der Waals surface area contributed by atoms with Crippen LogP contribution in [0.1, 0.15) is 0 Å². The summed E-state index contributed by atoms with van der Waals surface area (Å²) < 4.78 is 19.3. The molecule has 16 heavy (non-hydrogen) atoms. The second kappa shape index (κ2) is 4.76. The summed E-state index contributed by atoms with van der Waals surface area (Å²) in [5.41, 5.74) is 0. The molecule has 0 fully saturated rings. The van der Waals surface area contributed by atoms with Crippen molar-refractivity contribution in [3.63, 3.8) is 0 Å². The molecule has 82 valence electrons. The Morgan fingerprint density at radius 1 is 1.25 bits per heavy atom. The van der Waals surface area contributed by atoms with E-state index in [-0.39, 0.29) is 10.9 Å². The van der Waals surface area contributed by atoms with Crippen LogP contribution in [0.25, 0.3) is 0 Å². The van der Waals surface area contributed by atoms with E-state index in [0.717, 1.165) is 10.5 Å². The first-order valence-electron chi connectivity index (χ1n) is 4.24. The number of aromatic nitrogens is 2. The first-order valence-corrected chi connectivity index (χ1v) is 5.42.